The lowest BCUT2D eigenvalue weighted by atomic mass is 9.91. The van der Waals surface area contributed by atoms with Crippen molar-refractivity contribution >= 4 is 11.6 Å². The fraction of sp³-hybridized carbons (Fsp3) is 0.625. The summed E-state index contributed by atoms with van der Waals surface area (Å²) in [5.41, 5.74) is 0.547. The SMILES string of the molecule is C[C@@H](O)c1cc(Cl)ccc1OC1CCOC2(CCOC2)C1. The van der Waals surface area contributed by atoms with Gasteiger partial charge in [-0.1, -0.05) is 11.6 Å². The lowest BCUT2D eigenvalue weighted by molar-refractivity contribution is -0.112. The first kappa shape index (κ1) is 15.1. The molecule has 1 aromatic rings. The molecule has 0 aromatic heterocycles. The number of halogens is 1. The Morgan fingerprint density at radius 3 is 3.00 bits per heavy atom. The Bertz CT molecular complexity index is 497. The van der Waals surface area contributed by atoms with Gasteiger partial charge in [0.2, 0.25) is 0 Å². The summed E-state index contributed by atoms with van der Waals surface area (Å²) in [6.07, 6.45) is 2.08. The maximum Gasteiger partial charge on any atom is 0.125 e. The van der Waals surface area contributed by atoms with Crippen LogP contribution in [-0.4, -0.2) is 36.6 Å². The normalized spacial score (nSPS) is 30.5. The third-order valence-electron chi connectivity index (χ3n) is 4.23. The quantitative estimate of drug-likeness (QED) is 0.931. The molecule has 3 atom stereocenters. The molecule has 1 N–H and O–H groups in total. The van der Waals surface area contributed by atoms with E-state index >= 15 is 0 Å². The number of ether oxygens (including phenoxy) is 3. The van der Waals surface area contributed by atoms with E-state index in [1.165, 1.54) is 0 Å². The van der Waals surface area contributed by atoms with E-state index in [0.717, 1.165) is 31.4 Å². The van der Waals surface area contributed by atoms with Gasteiger partial charge in [0, 0.05) is 36.5 Å². The van der Waals surface area contributed by atoms with Crippen LogP contribution in [0.3, 0.4) is 0 Å². The molecule has 0 radical (unpaired) electrons. The third-order valence-corrected chi connectivity index (χ3v) is 4.47. The summed E-state index contributed by atoms with van der Waals surface area (Å²) >= 11 is 6.00. The summed E-state index contributed by atoms with van der Waals surface area (Å²) in [7, 11) is 0. The first-order chi connectivity index (χ1) is 10.1. The molecule has 0 saturated carbocycles. The topological polar surface area (TPSA) is 47.9 Å². The smallest absolute Gasteiger partial charge is 0.125 e. The van der Waals surface area contributed by atoms with Crippen molar-refractivity contribution in [2.24, 2.45) is 0 Å². The van der Waals surface area contributed by atoms with Crippen LogP contribution in [0.4, 0.5) is 0 Å². The number of aliphatic hydroxyl groups excluding tert-OH is 1. The summed E-state index contributed by atoms with van der Waals surface area (Å²) < 4.78 is 17.5. The summed E-state index contributed by atoms with van der Waals surface area (Å²) in [5.74, 6) is 0.704. The zero-order valence-electron chi connectivity index (χ0n) is 12.2. The van der Waals surface area contributed by atoms with Crippen molar-refractivity contribution in [1.29, 1.82) is 0 Å². The van der Waals surface area contributed by atoms with Gasteiger partial charge in [-0.25, -0.2) is 0 Å². The van der Waals surface area contributed by atoms with E-state index in [0.29, 0.717) is 24.0 Å². The second-order valence-electron chi connectivity index (χ2n) is 5.92. The molecule has 0 amide bonds. The zero-order chi connectivity index (χ0) is 14.9. The van der Waals surface area contributed by atoms with Crippen molar-refractivity contribution in [1.82, 2.24) is 0 Å². The fourth-order valence-electron chi connectivity index (χ4n) is 3.08. The highest BCUT2D eigenvalue weighted by Crippen LogP contribution is 2.36. The molecule has 2 aliphatic rings. The van der Waals surface area contributed by atoms with Crippen LogP contribution in [0.25, 0.3) is 0 Å². The molecular formula is C16H21ClO4. The van der Waals surface area contributed by atoms with E-state index in [1.807, 2.05) is 6.07 Å². The largest absolute Gasteiger partial charge is 0.490 e. The van der Waals surface area contributed by atoms with Crippen molar-refractivity contribution in [2.75, 3.05) is 19.8 Å². The van der Waals surface area contributed by atoms with Crippen LogP contribution in [0.2, 0.25) is 5.02 Å². The number of benzene rings is 1. The molecule has 1 spiro atoms. The molecule has 5 heteroatoms. The summed E-state index contributed by atoms with van der Waals surface area (Å²) in [6.45, 7) is 3.81. The summed E-state index contributed by atoms with van der Waals surface area (Å²) in [5, 5.41) is 10.5. The summed E-state index contributed by atoms with van der Waals surface area (Å²) in [4.78, 5) is 0. The van der Waals surface area contributed by atoms with Crippen molar-refractivity contribution in [3.05, 3.63) is 28.8 Å². The fourth-order valence-corrected chi connectivity index (χ4v) is 3.26. The van der Waals surface area contributed by atoms with Gasteiger partial charge in [0.1, 0.15) is 11.9 Å². The minimum Gasteiger partial charge on any atom is -0.490 e. The first-order valence-electron chi connectivity index (χ1n) is 7.44. The van der Waals surface area contributed by atoms with Gasteiger partial charge in [0.15, 0.2) is 0 Å². The lowest BCUT2D eigenvalue weighted by Crippen LogP contribution is -2.44. The molecule has 21 heavy (non-hydrogen) atoms. The Balaban J connectivity index is 1.74. The number of rotatable bonds is 3. The van der Waals surface area contributed by atoms with Crippen molar-refractivity contribution in [2.45, 2.75) is 44.0 Å². The van der Waals surface area contributed by atoms with Gasteiger partial charge < -0.3 is 19.3 Å². The van der Waals surface area contributed by atoms with Gasteiger partial charge in [-0.3, -0.25) is 0 Å². The Morgan fingerprint density at radius 2 is 2.29 bits per heavy atom. The van der Waals surface area contributed by atoms with Gasteiger partial charge >= 0.3 is 0 Å². The van der Waals surface area contributed by atoms with E-state index in [1.54, 1.807) is 19.1 Å². The Hall–Kier alpha value is -0.810. The molecule has 4 nitrogen and oxygen atoms in total. The van der Waals surface area contributed by atoms with Gasteiger partial charge in [0.25, 0.3) is 0 Å². The highest BCUT2D eigenvalue weighted by atomic mass is 35.5. The lowest BCUT2D eigenvalue weighted by Gasteiger charge is -2.37. The molecule has 116 valence electrons. The predicted molar refractivity (Wildman–Crippen MR) is 79.9 cm³/mol. The molecule has 2 fully saturated rings. The van der Waals surface area contributed by atoms with E-state index in [4.69, 9.17) is 25.8 Å². The molecule has 2 aliphatic heterocycles. The molecule has 3 rings (SSSR count). The highest BCUT2D eigenvalue weighted by Gasteiger charge is 2.42. The van der Waals surface area contributed by atoms with E-state index in [9.17, 15) is 5.11 Å². The van der Waals surface area contributed by atoms with Gasteiger partial charge in [-0.15, -0.1) is 0 Å². The molecule has 0 bridgehead atoms. The van der Waals surface area contributed by atoms with Crippen LogP contribution >= 0.6 is 11.6 Å². The van der Waals surface area contributed by atoms with Crippen LogP contribution in [0, 0.1) is 0 Å². The third kappa shape index (κ3) is 3.34. The molecule has 0 aliphatic carbocycles. The van der Waals surface area contributed by atoms with Crippen molar-refractivity contribution in [3.8, 4) is 5.75 Å². The summed E-state index contributed by atoms with van der Waals surface area (Å²) in [6, 6.07) is 5.38. The molecule has 2 unspecified atom stereocenters. The van der Waals surface area contributed by atoms with Gasteiger partial charge in [-0.05, 0) is 25.1 Å². The number of hydrogen-bond acceptors (Lipinski definition) is 4. The minimum absolute atomic E-state index is 0.0825. The van der Waals surface area contributed by atoms with Crippen LogP contribution in [-0.2, 0) is 9.47 Å². The van der Waals surface area contributed by atoms with Crippen LogP contribution < -0.4 is 4.74 Å². The van der Waals surface area contributed by atoms with E-state index in [-0.39, 0.29) is 11.7 Å². The maximum atomic E-state index is 9.88. The van der Waals surface area contributed by atoms with Crippen LogP contribution in [0.15, 0.2) is 18.2 Å². The van der Waals surface area contributed by atoms with E-state index in [2.05, 4.69) is 0 Å². The molecule has 2 heterocycles. The second kappa shape index (κ2) is 6.13. The average molecular weight is 313 g/mol. The second-order valence-corrected chi connectivity index (χ2v) is 6.36. The van der Waals surface area contributed by atoms with Gasteiger partial charge in [0.05, 0.1) is 24.9 Å². The molecule has 2 saturated heterocycles. The van der Waals surface area contributed by atoms with Crippen LogP contribution in [0.1, 0.15) is 37.9 Å². The van der Waals surface area contributed by atoms with Crippen molar-refractivity contribution < 1.29 is 19.3 Å². The van der Waals surface area contributed by atoms with Crippen molar-refractivity contribution in [3.63, 3.8) is 0 Å². The zero-order valence-corrected chi connectivity index (χ0v) is 12.9. The average Bonchev–Trinajstić information content (AvgIpc) is 2.88. The highest BCUT2D eigenvalue weighted by molar-refractivity contribution is 6.30. The molecular weight excluding hydrogens is 292 g/mol. The molecule has 1 aromatic carbocycles. The number of hydrogen-bond donors (Lipinski definition) is 1. The standard InChI is InChI=1S/C16H21ClO4/c1-11(18)14-8-12(17)2-3-15(14)21-13-4-6-20-16(9-13)5-7-19-10-16/h2-3,8,11,13,18H,4-7,9-10H2,1H3/t11-,13?,16?/m1/s1. The predicted octanol–water partition coefficient (Wildman–Crippen LogP) is 3.11. The van der Waals surface area contributed by atoms with E-state index < -0.39 is 6.10 Å². The monoisotopic (exact) mass is 312 g/mol. The van der Waals surface area contributed by atoms with Crippen LogP contribution in [0.5, 0.6) is 5.75 Å². The Morgan fingerprint density at radius 1 is 1.43 bits per heavy atom. The first-order valence-corrected chi connectivity index (χ1v) is 7.82. The van der Waals surface area contributed by atoms with Gasteiger partial charge in [-0.2, -0.15) is 0 Å². The Kier molecular flexibility index (Phi) is 4.41. The Labute approximate surface area is 130 Å². The minimum atomic E-state index is -0.609. The number of aliphatic hydroxyl groups is 1. The maximum absolute atomic E-state index is 9.88.